The zero-order valence-electron chi connectivity index (χ0n) is 9.21. The fraction of sp³-hybridized carbons (Fsp3) is 0.0769. The second-order valence-corrected chi connectivity index (χ2v) is 4.83. The van der Waals surface area contributed by atoms with Gasteiger partial charge >= 0.3 is 0 Å². The molecule has 0 saturated heterocycles. The second-order valence-electron chi connectivity index (χ2n) is 3.85. The Morgan fingerprint density at radius 3 is 2.88 bits per heavy atom. The zero-order valence-corrected chi connectivity index (χ0v) is 10.0. The molecule has 0 fully saturated rings. The van der Waals surface area contributed by atoms with E-state index in [2.05, 4.69) is 9.97 Å². The van der Waals surface area contributed by atoms with Gasteiger partial charge in [0.15, 0.2) is 0 Å². The monoisotopic (exact) mass is 242 g/mol. The molecule has 0 aliphatic carbocycles. The van der Waals surface area contributed by atoms with Crippen molar-refractivity contribution < 1.29 is 5.11 Å². The summed E-state index contributed by atoms with van der Waals surface area (Å²) in [7, 11) is 0. The lowest BCUT2D eigenvalue weighted by atomic mass is 10.1. The number of pyridine rings is 1. The predicted octanol–water partition coefficient (Wildman–Crippen LogP) is 3.37. The first-order valence-electron chi connectivity index (χ1n) is 5.25. The molecule has 1 aromatic carbocycles. The molecule has 0 aliphatic rings. The molecule has 3 rings (SSSR count). The Kier molecular flexibility index (Phi) is 2.30. The lowest BCUT2D eigenvalue weighted by Gasteiger charge is -2.00. The summed E-state index contributed by atoms with van der Waals surface area (Å²) in [5.74, 6) is 0.301. The van der Waals surface area contributed by atoms with Gasteiger partial charge in [-0.3, -0.25) is 0 Å². The van der Waals surface area contributed by atoms with Gasteiger partial charge < -0.3 is 5.11 Å². The van der Waals surface area contributed by atoms with E-state index in [9.17, 15) is 5.11 Å². The molecular formula is C13H10N2OS. The van der Waals surface area contributed by atoms with Crippen molar-refractivity contribution in [2.24, 2.45) is 0 Å². The van der Waals surface area contributed by atoms with E-state index in [-0.39, 0.29) is 0 Å². The predicted molar refractivity (Wildman–Crippen MR) is 69.3 cm³/mol. The van der Waals surface area contributed by atoms with Crippen molar-refractivity contribution in [1.82, 2.24) is 9.97 Å². The van der Waals surface area contributed by atoms with E-state index >= 15 is 0 Å². The van der Waals surface area contributed by atoms with Crippen LogP contribution in [0, 0.1) is 6.92 Å². The number of phenols is 1. The van der Waals surface area contributed by atoms with E-state index in [0.29, 0.717) is 5.75 Å². The van der Waals surface area contributed by atoms with E-state index in [1.54, 1.807) is 12.3 Å². The highest BCUT2D eigenvalue weighted by molar-refractivity contribution is 7.21. The van der Waals surface area contributed by atoms with Crippen LogP contribution in [0.25, 0.3) is 20.9 Å². The Morgan fingerprint density at radius 2 is 2.12 bits per heavy atom. The number of aromatic hydroxyl groups is 1. The fourth-order valence-corrected chi connectivity index (χ4v) is 2.54. The summed E-state index contributed by atoms with van der Waals surface area (Å²) in [6.45, 7) is 1.87. The quantitative estimate of drug-likeness (QED) is 0.711. The van der Waals surface area contributed by atoms with Crippen LogP contribution in [0.15, 0.2) is 36.5 Å². The highest BCUT2D eigenvalue weighted by Crippen LogP contribution is 2.31. The van der Waals surface area contributed by atoms with Crippen molar-refractivity contribution >= 4 is 21.7 Å². The van der Waals surface area contributed by atoms with Crippen LogP contribution in [0.1, 0.15) is 5.56 Å². The maximum absolute atomic E-state index is 9.70. The normalized spacial score (nSPS) is 10.9. The van der Waals surface area contributed by atoms with Crippen LogP contribution in [-0.2, 0) is 0 Å². The number of phenolic OH excluding ortho intramolecular Hbond substituents is 1. The number of aromatic nitrogens is 2. The number of hydrogen-bond acceptors (Lipinski definition) is 4. The third kappa shape index (κ3) is 1.76. The summed E-state index contributed by atoms with van der Waals surface area (Å²) in [4.78, 5) is 9.68. The Labute approximate surface area is 102 Å². The van der Waals surface area contributed by atoms with E-state index < -0.39 is 0 Å². The minimum absolute atomic E-state index is 0.301. The van der Waals surface area contributed by atoms with Gasteiger partial charge in [0.25, 0.3) is 0 Å². The number of thiazole rings is 1. The van der Waals surface area contributed by atoms with Crippen LogP contribution >= 0.6 is 11.3 Å². The smallest absolute Gasteiger partial charge is 0.143 e. The van der Waals surface area contributed by atoms with Gasteiger partial charge in [-0.15, -0.1) is 0 Å². The molecule has 0 amide bonds. The molecule has 0 radical (unpaired) electrons. The molecule has 2 heterocycles. The summed E-state index contributed by atoms with van der Waals surface area (Å²) in [6, 6.07) is 9.42. The van der Waals surface area contributed by atoms with Crippen molar-refractivity contribution in [1.29, 1.82) is 0 Å². The summed E-state index contributed by atoms with van der Waals surface area (Å²) in [6.07, 6.45) is 1.76. The molecule has 1 N–H and O–H groups in total. The van der Waals surface area contributed by atoms with Gasteiger partial charge in [-0.25, -0.2) is 9.97 Å². The van der Waals surface area contributed by atoms with Gasteiger partial charge in [0, 0.05) is 11.8 Å². The van der Waals surface area contributed by atoms with Crippen molar-refractivity contribution in [2.75, 3.05) is 0 Å². The maximum Gasteiger partial charge on any atom is 0.143 e. The Morgan fingerprint density at radius 1 is 1.24 bits per heavy atom. The largest absolute Gasteiger partial charge is 0.508 e. The molecule has 3 aromatic rings. The first kappa shape index (κ1) is 10.2. The molecule has 0 atom stereocenters. The molecule has 0 aliphatic heterocycles. The lowest BCUT2D eigenvalue weighted by Crippen LogP contribution is -1.78. The third-order valence-corrected chi connectivity index (χ3v) is 3.65. The number of aryl methyl sites for hydroxylation is 1. The van der Waals surface area contributed by atoms with Gasteiger partial charge in [-0.1, -0.05) is 23.5 Å². The Balaban J connectivity index is 2.17. The molecule has 17 heavy (non-hydrogen) atoms. The van der Waals surface area contributed by atoms with E-state index in [1.165, 1.54) is 11.3 Å². The third-order valence-electron chi connectivity index (χ3n) is 2.62. The minimum atomic E-state index is 0.301. The molecular weight excluding hydrogens is 232 g/mol. The number of rotatable bonds is 1. The van der Waals surface area contributed by atoms with E-state index in [1.807, 2.05) is 31.2 Å². The van der Waals surface area contributed by atoms with Crippen LogP contribution in [0.2, 0.25) is 0 Å². The molecule has 0 unspecified atom stereocenters. The summed E-state index contributed by atoms with van der Waals surface area (Å²) in [5.41, 5.74) is 2.69. The standard InChI is InChI=1S/C13H10N2OS/c1-8-4-5-9(7-11(8)16)12-15-10-3-2-6-14-13(10)17-12/h2-7,16H,1H3. The number of nitrogens with zero attached hydrogens (tertiary/aromatic N) is 2. The topological polar surface area (TPSA) is 46.0 Å². The van der Waals surface area contributed by atoms with Gasteiger partial charge in [-0.05, 0) is 30.7 Å². The van der Waals surface area contributed by atoms with Gasteiger partial charge in [0.1, 0.15) is 21.1 Å². The summed E-state index contributed by atoms with van der Waals surface area (Å²) >= 11 is 1.53. The van der Waals surface area contributed by atoms with E-state index in [4.69, 9.17) is 0 Å². The van der Waals surface area contributed by atoms with Crippen LogP contribution in [0.5, 0.6) is 5.75 Å². The minimum Gasteiger partial charge on any atom is -0.508 e. The maximum atomic E-state index is 9.70. The molecule has 0 saturated carbocycles. The Bertz CT molecular complexity index is 658. The fourth-order valence-electron chi connectivity index (χ4n) is 1.64. The highest BCUT2D eigenvalue weighted by Gasteiger charge is 2.07. The lowest BCUT2D eigenvalue weighted by molar-refractivity contribution is 0.471. The van der Waals surface area contributed by atoms with Crippen LogP contribution in [0.3, 0.4) is 0 Å². The molecule has 3 nitrogen and oxygen atoms in total. The average Bonchev–Trinajstić information content (AvgIpc) is 2.76. The first-order valence-corrected chi connectivity index (χ1v) is 6.07. The van der Waals surface area contributed by atoms with Crippen molar-refractivity contribution in [3.8, 4) is 16.3 Å². The summed E-state index contributed by atoms with van der Waals surface area (Å²) in [5, 5.41) is 10.6. The zero-order chi connectivity index (χ0) is 11.8. The molecule has 0 bridgehead atoms. The van der Waals surface area contributed by atoms with Crippen LogP contribution in [-0.4, -0.2) is 15.1 Å². The van der Waals surface area contributed by atoms with Crippen LogP contribution in [0.4, 0.5) is 0 Å². The van der Waals surface area contributed by atoms with Gasteiger partial charge in [0.05, 0.1) is 0 Å². The molecule has 4 heteroatoms. The number of fused-ring (bicyclic) bond motifs is 1. The molecule has 0 spiro atoms. The van der Waals surface area contributed by atoms with Gasteiger partial charge in [-0.2, -0.15) is 0 Å². The van der Waals surface area contributed by atoms with Crippen molar-refractivity contribution in [3.05, 3.63) is 42.1 Å². The molecule has 84 valence electrons. The number of benzene rings is 1. The summed E-state index contributed by atoms with van der Waals surface area (Å²) < 4.78 is 0. The van der Waals surface area contributed by atoms with E-state index in [0.717, 1.165) is 26.5 Å². The first-order chi connectivity index (χ1) is 8.24. The van der Waals surface area contributed by atoms with Crippen molar-refractivity contribution in [3.63, 3.8) is 0 Å². The Hall–Kier alpha value is -1.94. The van der Waals surface area contributed by atoms with Crippen molar-refractivity contribution in [2.45, 2.75) is 6.92 Å². The average molecular weight is 242 g/mol. The molecule has 2 aromatic heterocycles. The SMILES string of the molecule is Cc1ccc(-c2nc3cccnc3s2)cc1O. The highest BCUT2D eigenvalue weighted by atomic mass is 32.1. The van der Waals surface area contributed by atoms with Gasteiger partial charge in [0.2, 0.25) is 0 Å². The van der Waals surface area contributed by atoms with Crippen LogP contribution < -0.4 is 0 Å². The second kappa shape index (κ2) is 3.82. The number of hydrogen-bond donors (Lipinski definition) is 1.